The van der Waals surface area contributed by atoms with E-state index in [0.29, 0.717) is 0 Å². The van der Waals surface area contributed by atoms with Gasteiger partial charge in [0.15, 0.2) is 0 Å². The Balaban J connectivity index is 4.72. The molecule has 7 heteroatoms. The number of hydrogen-bond donors (Lipinski definition) is 5. The maximum atomic E-state index is 11.6. The summed E-state index contributed by atoms with van der Waals surface area (Å²) in [5.74, 6) is -0.856. The topological polar surface area (TPSA) is 98.2 Å². The number of carbonyl (C=O) groups excluding carboxylic acids is 2. The van der Waals surface area contributed by atoms with Gasteiger partial charge in [0.1, 0.15) is 11.1 Å². The molecule has 2 amide bonds. The summed E-state index contributed by atoms with van der Waals surface area (Å²) in [4.78, 5) is 22.7. The van der Waals surface area contributed by atoms with Gasteiger partial charge in [-0.2, -0.15) is 25.3 Å². The van der Waals surface area contributed by atoms with Crippen molar-refractivity contribution in [1.29, 1.82) is 0 Å². The molecule has 0 radical (unpaired) electrons. The van der Waals surface area contributed by atoms with E-state index in [1.807, 2.05) is 0 Å². The zero-order valence-corrected chi connectivity index (χ0v) is 10.6. The van der Waals surface area contributed by atoms with E-state index < -0.39 is 22.9 Å². The Morgan fingerprint density at radius 1 is 1.27 bits per heavy atom. The molecule has 0 heterocycles. The second-order valence-electron chi connectivity index (χ2n) is 3.88. The molecule has 0 aliphatic heterocycles. The Morgan fingerprint density at radius 2 is 1.73 bits per heavy atom. The number of thiol groups is 2. The predicted molar refractivity (Wildman–Crippen MR) is 66.0 cm³/mol. The summed E-state index contributed by atoms with van der Waals surface area (Å²) in [7, 11) is 0. The number of rotatable bonds is 5. The molecule has 0 rings (SSSR count). The third-order valence-corrected chi connectivity index (χ3v) is 3.39. The number of nitrogens with two attached hydrogens (primary N) is 2. The van der Waals surface area contributed by atoms with E-state index in [0.717, 1.165) is 0 Å². The second kappa shape index (κ2) is 5.09. The van der Waals surface area contributed by atoms with Crippen LogP contribution in [0.15, 0.2) is 0 Å². The van der Waals surface area contributed by atoms with Crippen LogP contribution in [0.5, 0.6) is 0 Å². The molecule has 0 aliphatic rings. The largest absolute Gasteiger partial charge is 0.368 e. The van der Waals surface area contributed by atoms with Crippen molar-refractivity contribution in [3.8, 4) is 0 Å². The fraction of sp³-hybridized carbons (Fsp3) is 0.750. The predicted octanol–water partition coefficient (Wildman–Crippen LogP) is -1.08. The van der Waals surface area contributed by atoms with Gasteiger partial charge in [0.25, 0.3) is 0 Å². The lowest BCUT2D eigenvalue weighted by Gasteiger charge is -2.30. The second-order valence-corrected chi connectivity index (χ2v) is 4.52. The van der Waals surface area contributed by atoms with E-state index in [1.54, 1.807) is 0 Å². The quantitative estimate of drug-likeness (QED) is 0.402. The minimum absolute atomic E-state index is 0.108. The Labute approximate surface area is 100 Å². The number of primary amides is 1. The van der Waals surface area contributed by atoms with Crippen molar-refractivity contribution in [3.05, 3.63) is 0 Å². The van der Waals surface area contributed by atoms with Crippen molar-refractivity contribution >= 4 is 37.1 Å². The molecule has 0 saturated heterocycles. The zero-order chi connectivity index (χ0) is 12.3. The SMILES string of the molecule is C[C@](CS)(NC(=O)[C@](C)(N)CS)C(N)=O. The standard InChI is InChI=1S/C8H17N3O2S2/c1-7(10,3-14)6(13)11-8(2,4-15)5(9)12/h14-15H,3-4,10H2,1-2H3,(H2,9,12)(H,11,13)/t7-,8-/m1/s1. The third kappa shape index (κ3) is 3.58. The van der Waals surface area contributed by atoms with E-state index in [9.17, 15) is 9.59 Å². The highest BCUT2D eigenvalue weighted by Crippen LogP contribution is 2.09. The molecule has 0 bridgehead atoms. The summed E-state index contributed by atoms with van der Waals surface area (Å²) < 4.78 is 0. The van der Waals surface area contributed by atoms with Gasteiger partial charge < -0.3 is 16.8 Å². The highest BCUT2D eigenvalue weighted by atomic mass is 32.1. The monoisotopic (exact) mass is 251 g/mol. The molecule has 5 nitrogen and oxygen atoms in total. The van der Waals surface area contributed by atoms with Crippen LogP contribution in [0.1, 0.15) is 13.8 Å². The smallest absolute Gasteiger partial charge is 0.243 e. The number of amides is 2. The first-order valence-corrected chi connectivity index (χ1v) is 5.59. The van der Waals surface area contributed by atoms with Gasteiger partial charge in [-0.1, -0.05) is 0 Å². The number of carbonyl (C=O) groups is 2. The maximum Gasteiger partial charge on any atom is 0.243 e. The van der Waals surface area contributed by atoms with Crippen LogP contribution in [0.2, 0.25) is 0 Å². The van der Waals surface area contributed by atoms with E-state index in [1.165, 1.54) is 13.8 Å². The van der Waals surface area contributed by atoms with E-state index in [4.69, 9.17) is 11.5 Å². The van der Waals surface area contributed by atoms with Crippen LogP contribution in [0.25, 0.3) is 0 Å². The van der Waals surface area contributed by atoms with Gasteiger partial charge in [0.2, 0.25) is 11.8 Å². The van der Waals surface area contributed by atoms with Gasteiger partial charge in [0, 0.05) is 11.5 Å². The third-order valence-electron chi connectivity index (χ3n) is 2.10. The van der Waals surface area contributed by atoms with Crippen molar-refractivity contribution in [2.24, 2.45) is 11.5 Å². The molecule has 88 valence electrons. The highest BCUT2D eigenvalue weighted by molar-refractivity contribution is 7.80. The van der Waals surface area contributed by atoms with Crippen molar-refractivity contribution < 1.29 is 9.59 Å². The van der Waals surface area contributed by atoms with Gasteiger partial charge in [-0.25, -0.2) is 0 Å². The molecule has 0 aliphatic carbocycles. The first-order chi connectivity index (χ1) is 6.69. The summed E-state index contributed by atoms with van der Waals surface area (Å²) in [6, 6.07) is 0. The Kier molecular flexibility index (Phi) is 4.95. The molecule has 0 aromatic rings. The van der Waals surface area contributed by atoms with Crippen LogP contribution in [-0.2, 0) is 9.59 Å². The molecule has 15 heavy (non-hydrogen) atoms. The summed E-state index contributed by atoms with van der Waals surface area (Å²) in [5.41, 5.74) is 8.48. The average Bonchev–Trinajstić information content (AvgIpc) is 2.17. The van der Waals surface area contributed by atoms with Crippen LogP contribution in [0, 0.1) is 0 Å². The first kappa shape index (κ1) is 14.6. The van der Waals surface area contributed by atoms with Gasteiger partial charge in [-0.15, -0.1) is 0 Å². The van der Waals surface area contributed by atoms with Crippen LogP contribution in [-0.4, -0.2) is 34.4 Å². The normalized spacial score (nSPS) is 18.7. The van der Waals surface area contributed by atoms with E-state index in [2.05, 4.69) is 30.6 Å². The number of nitrogens with one attached hydrogen (secondary N) is 1. The molecule has 0 saturated carbocycles. The maximum absolute atomic E-state index is 11.6. The minimum Gasteiger partial charge on any atom is -0.368 e. The Hall–Kier alpha value is -0.400. The molecule has 0 aromatic carbocycles. The highest BCUT2D eigenvalue weighted by Gasteiger charge is 2.36. The molecule has 0 fully saturated rings. The van der Waals surface area contributed by atoms with Crippen molar-refractivity contribution in [3.63, 3.8) is 0 Å². The molecule has 0 aromatic heterocycles. The van der Waals surface area contributed by atoms with Crippen molar-refractivity contribution in [1.82, 2.24) is 5.32 Å². The molecule has 0 unspecified atom stereocenters. The minimum atomic E-state index is -1.19. The molecule has 5 N–H and O–H groups in total. The Bertz CT molecular complexity index is 271. The van der Waals surface area contributed by atoms with Crippen molar-refractivity contribution in [2.45, 2.75) is 24.9 Å². The molecule has 2 atom stereocenters. The number of hydrogen-bond acceptors (Lipinski definition) is 5. The lowest BCUT2D eigenvalue weighted by atomic mass is 10.00. The average molecular weight is 251 g/mol. The van der Waals surface area contributed by atoms with E-state index >= 15 is 0 Å². The summed E-state index contributed by atoms with van der Waals surface area (Å²) in [6.45, 7) is 3.02. The fourth-order valence-corrected chi connectivity index (χ4v) is 1.02. The summed E-state index contributed by atoms with van der Waals surface area (Å²) in [5, 5.41) is 2.47. The molecule has 0 spiro atoms. The lowest BCUT2D eigenvalue weighted by Crippen LogP contribution is -2.64. The van der Waals surface area contributed by atoms with Crippen LogP contribution < -0.4 is 16.8 Å². The van der Waals surface area contributed by atoms with Gasteiger partial charge in [-0.3, -0.25) is 9.59 Å². The summed E-state index contributed by atoms with van der Waals surface area (Å²) >= 11 is 7.91. The molecular formula is C8H17N3O2S2. The summed E-state index contributed by atoms with van der Waals surface area (Å²) in [6.07, 6.45) is 0. The zero-order valence-electron chi connectivity index (χ0n) is 8.78. The Morgan fingerprint density at radius 3 is 2.00 bits per heavy atom. The van der Waals surface area contributed by atoms with Crippen LogP contribution in [0.3, 0.4) is 0 Å². The van der Waals surface area contributed by atoms with Crippen LogP contribution in [0.4, 0.5) is 0 Å². The van der Waals surface area contributed by atoms with E-state index in [-0.39, 0.29) is 11.5 Å². The van der Waals surface area contributed by atoms with Gasteiger partial charge >= 0.3 is 0 Å². The van der Waals surface area contributed by atoms with Gasteiger partial charge in [0.05, 0.1) is 0 Å². The molecular weight excluding hydrogens is 234 g/mol. The fourth-order valence-electron chi connectivity index (χ4n) is 0.644. The lowest BCUT2D eigenvalue weighted by molar-refractivity contribution is -0.132. The van der Waals surface area contributed by atoms with Gasteiger partial charge in [-0.05, 0) is 13.8 Å². The van der Waals surface area contributed by atoms with Crippen LogP contribution >= 0.6 is 25.3 Å². The van der Waals surface area contributed by atoms with Crippen molar-refractivity contribution in [2.75, 3.05) is 11.5 Å². The first-order valence-electron chi connectivity index (χ1n) is 4.33.